The lowest BCUT2D eigenvalue weighted by atomic mass is 9.51. The van der Waals surface area contributed by atoms with E-state index in [4.69, 9.17) is 5.10 Å². The highest BCUT2D eigenvalue weighted by atomic mass is 16.1. The van der Waals surface area contributed by atoms with Crippen molar-refractivity contribution in [3.8, 4) is 0 Å². The fourth-order valence-electron chi connectivity index (χ4n) is 6.55. The average Bonchev–Trinajstić information content (AvgIpc) is 2.93. The van der Waals surface area contributed by atoms with Gasteiger partial charge in [-0.25, -0.2) is 0 Å². The molecule has 4 saturated carbocycles. The molecule has 4 heteroatoms. The topological polar surface area (TPSA) is 46.9 Å². The van der Waals surface area contributed by atoms with E-state index in [0.717, 1.165) is 29.8 Å². The lowest BCUT2D eigenvalue weighted by molar-refractivity contribution is -0.138. The van der Waals surface area contributed by atoms with Gasteiger partial charge >= 0.3 is 0 Å². The van der Waals surface area contributed by atoms with E-state index in [1.165, 1.54) is 43.2 Å². The van der Waals surface area contributed by atoms with Gasteiger partial charge in [0, 0.05) is 23.7 Å². The molecule has 0 unspecified atom stereocenters. The van der Waals surface area contributed by atoms with Crippen molar-refractivity contribution in [2.45, 2.75) is 59.0 Å². The van der Waals surface area contributed by atoms with Gasteiger partial charge in [-0.1, -0.05) is 30.3 Å². The number of nitrogens with zero attached hydrogens (tertiary/aromatic N) is 2. The first-order valence-electron chi connectivity index (χ1n) is 10.9. The summed E-state index contributed by atoms with van der Waals surface area (Å²) >= 11 is 0. The van der Waals surface area contributed by atoms with Gasteiger partial charge < -0.3 is 5.32 Å². The lowest BCUT2D eigenvalue weighted by Crippen LogP contribution is -2.50. The Bertz CT molecular complexity index is 841. The zero-order chi connectivity index (χ0) is 19.3. The van der Waals surface area contributed by atoms with Crippen LogP contribution in [0.25, 0.3) is 0 Å². The van der Waals surface area contributed by atoms with E-state index < -0.39 is 0 Å². The molecule has 1 amide bonds. The molecule has 28 heavy (non-hydrogen) atoms. The van der Waals surface area contributed by atoms with E-state index >= 15 is 0 Å². The van der Waals surface area contributed by atoms with E-state index in [9.17, 15) is 4.79 Å². The van der Waals surface area contributed by atoms with Gasteiger partial charge in [0.25, 0.3) is 0 Å². The highest BCUT2D eigenvalue weighted by Gasteiger charge is 2.50. The molecule has 0 radical (unpaired) electrons. The van der Waals surface area contributed by atoms with Gasteiger partial charge in [0.05, 0.1) is 12.2 Å². The Morgan fingerprint density at radius 1 is 1.04 bits per heavy atom. The molecule has 4 nitrogen and oxygen atoms in total. The first kappa shape index (κ1) is 18.0. The van der Waals surface area contributed by atoms with E-state index in [2.05, 4.69) is 48.1 Å². The van der Waals surface area contributed by atoms with Gasteiger partial charge in [-0.2, -0.15) is 5.10 Å². The number of carbonyl (C=O) groups excluding carboxylic acids is 1. The maximum absolute atomic E-state index is 13.1. The fourth-order valence-corrected chi connectivity index (χ4v) is 6.55. The summed E-state index contributed by atoms with van der Waals surface area (Å²) in [6.07, 6.45) is 6.59. The van der Waals surface area contributed by atoms with Crippen molar-refractivity contribution in [3.63, 3.8) is 0 Å². The smallest absolute Gasteiger partial charge is 0.223 e. The minimum atomic E-state index is 0.257. The molecule has 1 aromatic heterocycles. The molecule has 0 aliphatic heterocycles. The van der Waals surface area contributed by atoms with Crippen LogP contribution in [0.4, 0.5) is 0 Å². The minimum absolute atomic E-state index is 0.257. The second-order valence-corrected chi connectivity index (χ2v) is 9.47. The molecule has 4 aliphatic rings. The number of amides is 1. The van der Waals surface area contributed by atoms with Crippen LogP contribution in [0.5, 0.6) is 0 Å². The summed E-state index contributed by atoms with van der Waals surface area (Å²) in [5.74, 6) is 3.65. The second kappa shape index (κ2) is 7.06. The van der Waals surface area contributed by atoms with Crippen molar-refractivity contribution in [1.29, 1.82) is 0 Å². The zero-order valence-electron chi connectivity index (χ0n) is 17.0. The standard InChI is InChI=1S/C24H31N3O/c1-15-22(16(2)27(26-15)14-17-6-4-3-5-7-17)13-25-24(28)23-20-9-18-8-19(11-20)12-21(23)10-18/h3-7,18-21,23H,8-14H2,1-2H3,(H,25,28). The number of carbonyl (C=O) groups is 1. The van der Waals surface area contributed by atoms with Crippen molar-refractivity contribution in [2.24, 2.45) is 29.6 Å². The quantitative estimate of drug-likeness (QED) is 0.847. The third-order valence-electron chi connectivity index (χ3n) is 7.68. The molecular formula is C24H31N3O. The molecule has 6 rings (SSSR count). The number of benzene rings is 1. The van der Waals surface area contributed by atoms with E-state index in [1.54, 1.807) is 0 Å². The molecule has 2 aromatic rings. The summed E-state index contributed by atoms with van der Waals surface area (Å²) in [6.45, 7) is 5.55. The van der Waals surface area contributed by atoms with Crippen molar-refractivity contribution >= 4 is 5.91 Å². The third-order valence-corrected chi connectivity index (χ3v) is 7.68. The van der Waals surface area contributed by atoms with Crippen molar-refractivity contribution in [3.05, 3.63) is 52.8 Å². The molecule has 148 valence electrons. The van der Waals surface area contributed by atoms with Crippen LogP contribution in [0, 0.1) is 43.4 Å². The predicted octanol–water partition coefficient (Wildman–Crippen LogP) is 4.24. The maximum atomic E-state index is 13.1. The Morgan fingerprint density at radius 3 is 2.32 bits per heavy atom. The van der Waals surface area contributed by atoms with Crippen LogP contribution >= 0.6 is 0 Å². The SMILES string of the molecule is Cc1nn(Cc2ccccc2)c(C)c1CNC(=O)C1C2CC3CC(C2)CC1C3. The zero-order valence-corrected chi connectivity index (χ0v) is 17.0. The van der Waals surface area contributed by atoms with Crippen LogP contribution in [-0.4, -0.2) is 15.7 Å². The van der Waals surface area contributed by atoms with E-state index in [1.807, 2.05) is 6.07 Å². The molecule has 0 atom stereocenters. The van der Waals surface area contributed by atoms with Crippen molar-refractivity contribution < 1.29 is 4.79 Å². The second-order valence-electron chi connectivity index (χ2n) is 9.47. The molecule has 1 aromatic carbocycles. The van der Waals surface area contributed by atoms with Gasteiger partial charge in [0.1, 0.15) is 0 Å². The van der Waals surface area contributed by atoms with Gasteiger partial charge in [-0.15, -0.1) is 0 Å². The predicted molar refractivity (Wildman–Crippen MR) is 110 cm³/mol. The summed E-state index contributed by atoms with van der Waals surface area (Å²) in [6, 6.07) is 10.4. The number of hydrogen-bond acceptors (Lipinski definition) is 2. The molecule has 1 heterocycles. The summed E-state index contributed by atoms with van der Waals surface area (Å²) in [7, 11) is 0. The Kier molecular flexibility index (Phi) is 4.53. The number of aryl methyl sites for hydroxylation is 1. The highest BCUT2D eigenvalue weighted by molar-refractivity contribution is 5.79. The van der Waals surface area contributed by atoms with Crippen LogP contribution in [-0.2, 0) is 17.9 Å². The van der Waals surface area contributed by atoms with Crippen LogP contribution in [0.2, 0.25) is 0 Å². The first-order chi connectivity index (χ1) is 13.6. The number of hydrogen-bond donors (Lipinski definition) is 1. The molecule has 0 spiro atoms. The molecule has 4 bridgehead atoms. The first-order valence-corrected chi connectivity index (χ1v) is 10.9. The van der Waals surface area contributed by atoms with Crippen LogP contribution in [0.15, 0.2) is 30.3 Å². The number of aromatic nitrogens is 2. The summed E-state index contributed by atoms with van der Waals surface area (Å²) < 4.78 is 2.06. The van der Waals surface area contributed by atoms with Crippen LogP contribution in [0.1, 0.15) is 54.6 Å². The fraction of sp³-hybridized carbons (Fsp3) is 0.583. The van der Waals surface area contributed by atoms with Gasteiger partial charge in [-0.3, -0.25) is 9.48 Å². The highest BCUT2D eigenvalue weighted by Crippen LogP contribution is 2.56. The number of rotatable bonds is 5. The Morgan fingerprint density at radius 2 is 1.68 bits per heavy atom. The Balaban J connectivity index is 1.26. The molecule has 4 aliphatic carbocycles. The Hall–Kier alpha value is -2.10. The summed E-state index contributed by atoms with van der Waals surface area (Å²) in [4.78, 5) is 13.1. The monoisotopic (exact) mass is 377 g/mol. The molecule has 1 N–H and O–H groups in total. The van der Waals surface area contributed by atoms with E-state index in [-0.39, 0.29) is 5.92 Å². The lowest BCUT2D eigenvalue weighted by Gasteiger charge is -2.53. The van der Waals surface area contributed by atoms with Crippen molar-refractivity contribution in [1.82, 2.24) is 15.1 Å². The maximum Gasteiger partial charge on any atom is 0.223 e. The van der Waals surface area contributed by atoms with Gasteiger partial charge in [-0.05, 0) is 75.2 Å². The minimum Gasteiger partial charge on any atom is -0.352 e. The normalized spacial score (nSPS) is 30.6. The summed E-state index contributed by atoms with van der Waals surface area (Å²) in [5, 5.41) is 8.03. The summed E-state index contributed by atoms with van der Waals surface area (Å²) in [5.41, 5.74) is 4.61. The van der Waals surface area contributed by atoms with Crippen molar-refractivity contribution in [2.75, 3.05) is 0 Å². The van der Waals surface area contributed by atoms with Gasteiger partial charge in [0.2, 0.25) is 5.91 Å². The third kappa shape index (κ3) is 3.17. The van der Waals surface area contributed by atoms with Gasteiger partial charge in [0.15, 0.2) is 0 Å². The number of nitrogens with one attached hydrogen (secondary N) is 1. The Labute approximate surface area is 167 Å². The van der Waals surface area contributed by atoms with E-state index in [0.29, 0.717) is 24.3 Å². The van der Waals surface area contributed by atoms with Crippen LogP contribution < -0.4 is 5.32 Å². The average molecular weight is 378 g/mol. The van der Waals surface area contributed by atoms with Crippen LogP contribution in [0.3, 0.4) is 0 Å². The largest absolute Gasteiger partial charge is 0.352 e. The molecular weight excluding hydrogens is 346 g/mol. The molecule has 4 fully saturated rings. The molecule has 0 saturated heterocycles.